The third-order valence-corrected chi connectivity index (χ3v) is 3.03. The third-order valence-electron chi connectivity index (χ3n) is 2.79. The molecule has 3 nitrogen and oxygen atoms in total. The van der Waals surface area contributed by atoms with Crippen molar-refractivity contribution < 1.29 is 4.79 Å². The van der Waals surface area contributed by atoms with Gasteiger partial charge in [0, 0.05) is 23.3 Å². The van der Waals surface area contributed by atoms with Crippen LogP contribution >= 0.6 is 11.6 Å². The van der Waals surface area contributed by atoms with Crippen molar-refractivity contribution in [1.82, 2.24) is 0 Å². The highest BCUT2D eigenvalue weighted by Gasteiger charge is 2.12. The van der Waals surface area contributed by atoms with Crippen LogP contribution in [0.25, 0.3) is 0 Å². The smallest absolute Gasteiger partial charge is 0.224 e. The zero-order valence-electron chi connectivity index (χ0n) is 10.6. The van der Waals surface area contributed by atoms with Crippen molar-refractivity contribution in [2.75, 3.05) is 10.6 Å². The number of hydrogen-bond donors (Lipinski definition) is 1. The highest BCUT2D eigenvalue weighted by Crippen LogP contribution is 2.21. The van der Waals surface area contributed by atoms with Gasteiger partial charge in [-0.2, -0.15) is 0 Å². The van der Waals surface area contributed by atoms with E-state index in [0.29, 0.717) is 17.3 Å². The number of benzene rings is 2. The average Bonchev–Trinajstić information content (AvgIpc) is 2.35. The number of carbonyl (C=O) groups excluding carboxylic acids is 1. The summed E-state index contributed by atoms with van der Waals surface area (Å²) in [6.45, 7) is 2.01. The van der Waals surface area contributed by atoms with E-state index in [4.69, 9.17) is 17.3 Å². The van der Waals surface area contributed by atoms with Gasteiger partial charge in [-0.05, 0) is 35.9 Å². The zero-order valence-corrected chi connectivity index (χ0v) is 11.4. The SMILES string of the molecule is CC(=O)N(Cc1cccc(Cl)c1)c1cccc(N)c1. The first-order valence-electron chi connectivity index (χ1n) is 5.94. The molecule has 0 aliphatic rings. The van der Waals surface area contributed by atoms with Gasteiger partial charge in [-0.3, -0.25) is 4.79 Å². The van der Waals surface area contributed by atoms with Crippen LogP contribution in [0.15, 0.2) is 48.5 Å². The maximum absolute atomic E-state index is 11.8. The second kappa shape index (κ2) is 5.76. The predicted octanol–water partition coefficient (Wildman–Crippen LogP) is 3.48. The van der Waals surface area contributed by atoms with E-state index in [-0.39, 0.29) is 5.91 Å². The van der Waals surface area contributed by atoms with Crippen molar-refractivity contribution >= 4 is 28.9 Å². The highest BCUT2D eigenvalue weighted by atomic mass is 35.5. The van der Waals surface area contributed by atoms with Gasteiger partial charge >= 0.3 is 0 Å². The standard InChI is InChI=1S/C15H15ClN2O/c1-11(19)18(15-7-3-6-14(17)9-15)10-12-4-2-5-13(16)8-12/h2-9H,10,17H2,1H3. The number of anilines is 2. The van der Waals surface area contributed by atoms with E-state index in [1.165, 1.54) is 6.92 Å². The molecule has 0 bridgehead atoms. The number of hydrogen-bond acceptors (Lipinski definition) is 2. The van der Waals surface area contributed by atoms with Crippen LogP contribution in [0.1, 0.15) is 12.5 Å². The van der Waals surface area contributed by atoms with E-state index in [1.807, 2.05) is 36.4 Å². The Morgan fingerprint density at radius 1 is 1.21 bits per heavy atom. The van der Waals surface area contributed by atoms with E-state index in [9.17, 15) is 4.79 Å². The summed E-state index contributed by atoms with van der Waals surface area (Å²) in [5, 5.41) is 0.661. The number of amides is 1. The van der Waals surface area contributed by atoms with Gasteiger partial charge in [-0.1, -0.05) is 29.8 Å². The fourth-order valence-corrected chi connectivity index (χ4v) is 2.11. The normalized spacial score (nSPS) is 10.2. The summed E-state index contributed by atoms with van der Waals surface area (Å²) in [7, 11) is 0. The van der Waals surface area contributed by atoms with Crippen LogP contribution in [0.5, 0.6) is 0 Å². The van der Waals surface area contributed by atoms with Crippen molar-refractivity contribution in [3.8, 4) is 0 Å². The molecule has 0 spiro atoms. The summed E-state index contributed by atoms with van der Waals surface area (Å²) in [5.41, 5.74) is 8.15. The predicted molar refractivity (Wildman–Crippen MR) is 79.2 cm³/mol. The Kier molecular flexibility index (Phi) is 4.07. The summed E-state index contributed by atoms with van der Waals surface area (Å²) in [6, 6.07) is 14.7. The maximum Gasteiger partial charge on any atom is 0.224 e. The molecule has 98 valence electrons. The lowest BCUT2D eigenvalue weighted by Crippen LogP contribution is -2.27. The van der Waals surface area contributed by atoms with E-state index in [0.717, 1.165) is 11.3 Å². The lowest BCUT2D eigenvalue weighted by molar-refractivity contribution is -0.116. The number of nitrogen functional groups attached to an aromatic ring is 1. The van der Waals surface area contributed by atoms with Crippen LogP contribution in [0.2, 0.25) is 5.02 Å². The molecule has 4 heteroatoms. The third kappa shape index (κ3) is 3.48. The van der Waals surface area contributed by atoms with E-state index in [1.54, 1.807) is 17.0 Å². The number of carbonyl (C=O) groups is 1. The first kappa shape index (κ1) is 13.4. The van der Waals surface area contributed by atoms with Gasteiger partial charge in [0.1, 0.15) is 0 Å². The van der Waals surface area contributed by atoms with Gasteiger partial charge in [-0.15, -0.1) is 0 Å². The molecule has 2 N–H and O–H groups in total. The monoisotopic (exact) mass is 274 g/mol. The topological polar surface area (TPSA) is 46.3 Å². The molecule has 0 aliphatic heterocycles. The van der Waals surface area contributed by atoms with Gasteiger partial charge in [-0.25, -0.2) is 0 Å². The first-order chi connectivity index (χ1) is 9.06. The molecule has 19 heavy (non-hydrogen) atoms. The minimum atomic E-state index is -0.0365. The summed E-state index contributed by atoms with van der Waals surface area (Å²) in [4.78, 5) is 13.5. The molecule has 0 heterocycles. The molecule has 0 aromatic heterocycles. The average molecular weight is 275 g/mol. The van der Waals surface area contributed by atoms with Gasteiger partial charge < -0.3 is 10.6 Å². The van der Waals surface area contributed by atoms with Crippen LogP contribution < -0.4 is 10.6 Å². The molecule has 0 radical (unpaired) electrons. The minimum Gasteiger partial charge on any atom is -0.399 e. The first-order valence-corrected chi connectivity index (χ1v) is 6.32. The fourth-order valence-electron chi connectivity index (χ4n) is 1.90. The number of rotatable bonds is 3. The van der Waals surface area contributed by atoms with Crippen molar-refractivity contribution in [3.63, 3.8) is 0 Å². The lowest BCUT2D eigenvalue weighted by atomic mass is 10.2. The van der Waals surface area contributed by atoms with Gasteiger partial charge in [0.25, 0.3) is 0 Å². The second-order valence-corrected chi connectivity index (χ2v) is 4.77. The van der Waals surface area contributed by atoms with Crippen molar-refractivity contribution in [2.24, 2.45) is 0 Å². The van der Waals surface area contributed by atoms with Crippen molar-refractivity contribution in [2.45, 2.75) is 13.5 Å². The number of nitrogens with zero attached hydrogens (tertiary/aromatic N) is 1. The van der Waals surface area contributed by atoms with Gasteiger partial charge in [0.2, 0.25) is 5.91 Å². The molecule has 0 unspecified atom stereocenters. The van der Waals surface area contributed by atoms with Gasteiger partial charge in [0.05, 0.1) is 6.54 Å². The van der Waals surface area contributed by atoms with Crippen LogP contribution in [0.4, 0.5) is 11.4 Å². The molecular weight excluding hydrogens is 260 g/mol. The Morgan fingerprint density at radius 3 is 2.58 bits per heavy atom. The van der Waals surface area contributed by atoms with Gasteiger partial charge in [0.15, 0.2) is 0 Å². The largest absolute Gasteiger partial charge is 0.399 e. The molecular formula is C15H15ClN2O. The Hall–Kier alpha value is -2.00. The van der Waals surface area contributed by atoms with Crippen LogP contribution in [-0.4, -0.2) is 5.91 Å². The second-order valence-electron chi connectivity index (χ2n) is 4.33. The molecule has 2 rings (SSSR count). The molecule has 2 aromatic rings. The molecule has 0 saturated heterocycles. The quantitative estimate of drug-likeness (QED) is 0.871. The molecule has 0 aliphatic carbocycles. The maximum atomic E-state index is 11.8. The Morgan fingerprint density at radius 2 is 1.95 bits per heavy atom. The highest BCUT2D eigenvalue weighted by molar-refractivity contribution is 6.30. The minimum absolute atomic E-state index is 0.0365. The zero-order chi connectivity index (χ0) is 13.8. The fraction of sp³-hybridized carbons (Fsp3) is 0.133. The van der Waals surface area contributed by atoms with Crippen LogP contribution in [0.3, 0.4) is 0 Å². The summed E-state index contributed by atoms with van der Waals surface area (Å²) in [6.07, 6.45) is 0. The van der Waals surface area contributed by atoms with Crippen molar-refractivity contribution in [1.29, 1.82) is 0 Å². The van der Waals surface area contributed by atoms with E-state index < -0.39 is 0 Å². The van der Waals surface area contributed by atoms with E-state index >= 15 is 0 Å². The molecule has 2 aromatic carbocycles. The Labute approximate surface area is 117 Å². The molecule has 0 atom stereocenters. The summed E-state index contributed by atoms with van der Waals surface area (Å²) in [5.74, 6) is -0.0365. The molecule has 1 amide bonds. The number of halogens is 1. The summed E-state index contributed by atoms with van der Waals surface area (Å²) < 4.78 is 0. The Bertz CT molecular complexity index is 598. The lowest BCUT2D eigenvalue weighted by Gasteiger charge is -2.21. The van der Waals surface area contributed by atoms with Crippen LogP contribution in [0, 0.1) is 0 Å². The Balaban J connectivity index is 2.29. The molecule has 0 fully saturated rings. The van der Waals surface area contributed by atoms with Crippen LogP contribution in [-0.2, 0) is 11.3 Å². The van der Waals surface area contributed by atoms with E-state index in [2.05, 4.69) is 0 Å². The number of nitrogens with two attached hydrogens (primary N) is 1. The molecule has 0 saturated carbocycles. The van der Waals surface area contributed by atoms with Crippen molar-refractivity contribution in [3.05, 3.63) is 59.1 Å². The summed E-state index contributed by atoms with van der Waals surface area (Å²) >= 11 is 5.96.